The summed E-state index contributed by atoms with van der Waals surface area (Å²) < 4.78 is 1.71. The Kier molecular flexibility index (Phi) is 6.86. The second-order valence-corrected chi connectivity index (χ2v) is 8.62. The van der Waals surface area contributed by atoms with E-state index >= 15 is 0 Å². The molecule has 4 aromatic carbocycles. The first-order valence-corrected chi connectivity index (χ1v) is 12.0. The molecule has 1 N–H and O–H groups in total. The number of carbonyl (C=O) groups excluding carboxylic acids is 2. The van der Waals surface area contributed by atoms with Gasteiger partial charge in [-0.2, -0.15) is 5.10 Å². The predicted octanol–water partition coefficient (Wildman–Crippen LogP) is 7.00. The summed E-state index contributed by atoms with van der Waals surface area (Å²) in [4.78, 5) is 26.0. The van der Waals surface area contributed by atoms with E-state index in [1.54, 1.807) is 41.2 Å². The maximum atomic E-state index is 13.3. The third kappa shape index (κ3) is 5.46. The summed E-state index contributed by atoms with van der Waals surface area (Å²) in [5.41, 5.74) is 6.01. The summed E-state index contributed by atoms with van der Waals surface area (Å²) in [6, 6.07) is 34.1. The Hall–Kier alpha value is -5.03. The molecule has 0 saturated carbocycles. The lowest BCUT2D eigenvalue weighted by Gasteiger charge is -2.06. The fourth-order valence-corrected chi connectivity index (χ4v) is 4.01. The summed E-state index contributed by atoms with van der Waals surface area (Å²) in [5.74, 6) is -0.379. The van der Waals surface area contributed by atoms with Gasteiger partial charge in [0.15, 0.2) is 5.78 Å². The standard InChI is InChI=1S/C32H25N3O2/c1-23-10-8-9-11-24(23)18-21-30(36)25-16-19-27(20-17-25)33-32(37)29-22-35(28-14-6-3-7-15-28)34-31(29)26-12-4-2-5-13-26/h2-22H,1H3,(H,33,37)/b21-18+. The number of hydrogen-bond acceptors (Lipinski definition) is 3. The van der Waals surface area contributed by atoms with E-state index in [-0.39, 0.29) is 11.7 Å². The van der Waals surface area contributed by atoms with Crippen LogP contribution in [0.1, 0.15) is 31.8 Å². The molecule has 0 spiro atoms. The van der Waals surface area contributed by atoms with Crippen molar-refractivity contribution in [1.29, 1.82) is 0 Å². The molecule has 1 amide bonds. The van der Waals surface area contributed by atoms with Crippen molar-refractivity contribution in [3.63, 3.8) is 0 Å². The Balaban J connectivity index is 1.36. The number of aromatic nitrogens is 2. The van der Waals surface area contributed by atoms with E-state index in [1.807, 2.05) is 97.9 Å². The molecule has 0 unspecified atom stereocenters. The van der Waals surface area contributed by atoms with E-state index in [4.69, 9.17) is 5.10 Å². The van der Waals surface area contributed by atoms with Gasteiger partial charge in [-0.1, -0.05) is 78.9 Å². The van der Waals surface area contributed by atoms with Crippen LogP contribution < -0.4 is 5.32 Å². The van der Waals surface area contributed by atoms with Gasteiger partial charge < -0.3 is 5.32 Å². The molecule has 1 aromatic heterocycles. The average Bonchev–Trinajstić information content (AvgIpc) is 3.40. The zero-order valence-corrected chi connectivity index (χ0v) is 20.3. The van der Waals surface area contributed by atoms with Crippen LogP contribution in [0, 0.1) is 6.92 Å². The number of benzene rings is 4. The van der Waals surface area contributed by atoms with Crippen LogP contribution in [-0.4, -0.2) is 21.5 Å². The highest BCUT2D eigenvalue weighted by molar-refractivity contribution is 6.09. The molecule has 0 aliphatic rings. The highest BCUT2D eigenvalue weighted by Gasteiger charge is 2.19. The van der Waals surface area contributed by atoms with Crippen LogP contribution in [0.2, 0.25) is 0 Å². The molecule has 0 atom stereocenters. The van der Waals surface area contributed by atoms with Crippen molar-refractivity contribution in [3.05, 3.63) is 144 Å². The van der Waals surface area contributed by atoms with Gasteiger partial charge in [0.2, 0.25) is 0 Å². The van der Waals surface area contributed by atoms with Gasteiger partial charge >= 0.3 is 0 Å². The highest BCUT2D eigenvalue weighted by atomic mass is 16.1. The number of anilines is 1. The molecule has 0 aliphatic heterocycles. The molecule has 5 heteroatoms. The fraction of sp³-hybridized carbons (Fsp3) is 0.0312. The third-order valence-corrected chi connectivity index (χ3v) is 6.06. The van der Waals surface area contributed by atoms with Crippen LogP contribution in [0.5, 0.6) is 0 Å². The number of ketones is 1. The van der Waals surface area contributed by atoms with Gasteiger partial charge in [0.1, 0.15) is 5.69 Å². The van der Waals surface area contributed by atoms with Crippen molar-refractivity contribution in [2.45, 2.75) is 6.92 Å². The summed E-state index contributed by atoms with van der Waals surface area (Å²) in [6.07, 6.45) is 5.13. The van der Waals surface area contributed by atoms with Crippen molar-refractivity contribution < 1.29 is 9.59 Å². The van der Waals surface area contributed by atoms with Crippen LogP contribution in [0.15, 0.2) is 121 Å². The predicted molar refractivity (Wildman–Crippen MR) is 148 cm³/mol. The summed E-state index contributed by atoms with van der Waals surface area (Å²) >= 11 is 0. The number of aryl methyl sites for hydroxylation is 1. The monoisotopic (exact) mass is 483 g/mol. The minimum absolute atomic E-state index is 0.100. The lowest BCUT2D eigenvalue weighted by atomic mass is 10.1. The molecular weight excluding hydrogens is 458 g/mol. The van der Waals surface area contributed by atoms with Gasteiger partial charge in [-0.3, -0.25) is 9.59 Å². The minimum Gasteiger partial charge on any atom is -0.322 e. The number of carbonyl (C=O) groups is 2. The lowest BCUT2D eigenvalue weighted by molar-refractivity contribution is 0.102. The Morgan fingerprint density at radius 2 is 1.43 bits per heavy atom. The second kappa shape index (κ2) is 10.7. The second-order valence-electron chi connectivity index (χ2n) is 8.62. The molecule has 5 nitrogen and oxygen atoms in total. The van der Waals surface area contributed by atoms with Crippen molar-refractivity contribution in [2.75, 3.05) is 5.32 Å². The molecule has 1 heterocycles. The van der Waals surface area contributed by atoms with E-state index in [2.05, 4.69) is 5.32 Å². The molecular formula is C32H25N3O2. The Morgan fingerprint density at radius 3 is 2.14 bits per heavy atom. The Labute approximate surface area is 215 Å². The van der Waals surface area contributed by atoms with Gasteiger partial charge in [-0.15, -0.1) is 0 Å². The van der Waals surface area contributed by atoms with Crippen LogP contribution in [0.4, 0.5) is 5.69 Å². The highest BCUT2D eigenvalue weighted by Crippen LogP contribution is 2.25. The number of amides is 1. The Morgan fingerprint density at radius 1 is 0.784 bits per heavy atom. The first-order valence-electron chi connectivity index (χ1n) is 12.0. The van der Waals surface area contributed by atoms with Gasteiger partial charge in [-0.25, -0.2) is 4.68 Å². The van der Waals surface area contributed by atoms with E-state index in [9.17, 15) is 9.59 Å². The van der Waals surface area contributed by atoms with Crippen LogP contribution in [0.25, 0.3) is 23.0 Å². The van der Waals surface area contributed by atoms with Crippen LogP contribution in [-0.2, 0) is 0 Å². The van der Waals surface area contributed by atoms with Gasteiger partial charge in [0.05, 0.1) is 11.3 Å². The zero-order chi connectivity index (χ0) is 25.6. The van der Waals surface area contributed by atoms with E-state index < -0.39 is 0 Å². The van der Waals surface area contributed by atoms with Crippen molar-refractivity contribution in [3.8, 4) is 16.9 Å². The molecule has 0 bridgehead atoms. The normalized spacial score (nSPS) is 10.9. The van der Waals surface area contributed by atoms with Crippen molar-refractivity contribution >= 4 is 23.5 Å². The summed E-state index contributed by atoms with van der Waals surface area (Å²) in [5, 5.41) is 7.65. The van der Waals surface area contributed by atoms with E-state index in [1.165, 1.54) is 0 Å². The quantitative estimate of drug-likeness (QED) is 0.200. The van der Waals surface area contributed by atoms with E-state index in [0.29, 0.717) is 22.5 Å². The molecule has 37 heavy (non-hydrogen) atoms. The smallest absolute Gasteiger partial charge is 0.259 e. The van der Waals surface area contributed by atoms with E-state index in [0.717, 1.165) is 22.4 Å². The minimum atomic E-state index is -0.278. The first kappa shape index (κ1) is 23.7. The maximum absolute atomic E-state index is 13.3. The molecule has 5 rings (SSSR count). The topological polar surface area (TPSA) is 64.0 Å². The number of allylic oxidation sites excluding steroid dienone is 1. The number of nitrogens with zero attached hydrogens (tertiary/aromatic N) is 2. The lowest BCUT2D eigenvalue weighted by Crippen LogP contribution is -2.12. The van der Waals surface area contributed by atoms with Gasteiger partial charge in [0.25, 0.3) is 5.91 Å². The van der Waals surface area contributed by atoms with Gasteiger partial charge in [-0.05, 0) is 60.5 Å². The summed E-state index contributed by atoms with van der Waals surface area (Å²) in [6.45, 7) is 2.01. The molecule has 0 saturated heterocycles. The number of rotatable bonds is 7. The van der Waals surface area contributed by atoms with Crippen molar-refractivity contribution in [1.82, 2.24) is 9.78 Å². The largest absolute Gasteiger partial charge is 0.322 e. The van der Waals surface area contributed by atoms with Crippen LogP contribution >= 0.6 is 0 Å². The summed E-state index contributed by atoms with van der Waals surface area (Å²) in [7, 11) is 0. The average molecular weight is 484 g/mol. The molecule has 0 fully saturated rings. The first-order chi connectivity index (χ1) is 18.1. The van der Waals surface area contributed by atoms with Gasteiger partial charge in [0, 0.05) is 23.0 Å². The molecule has 0 radical (unpaired) electrons. The molecule has 5 aromatic rings. The van der Waals surface area contributed by atoms with Crippen LogP contribution in [0.3, 0.4) is 0 Å². The number of hydrogen-bond donors (Lipinski definition) is 1. The van der Waals surface area contributed by atoms with Crippen molar-refractivity contribution in [2.24, 2.45) is 0 Å². The maximum Gasteiger partial charge on any atom is 0.259 e. The fourth-order valence-electron chi connectivity index (χ4n) is 4.01. The number of nitrogens with one attached hydrogen (secondary N) is 1. The SMILES string of the molecule is Cc1ccccc1/C=C/C(=O)c1ccc(NC(=O)c2cn(-c3ccccc3)nc2-c2ccccc2)cc1. The Bertz CT molecular complexity index is 1570. The third-order valence-electron chi connectivity index (χ3n) is 6.06. The number of para-hydroxylation sites is 1. The zero-order valence-electron chi connectivity index (χ0n) is 20.3. The molecule has 0 aliphatic carbocycles. The molecule has 180 valence electrons.